The first-order valence-electron chi connectivity index (χ1n) is 5.32. The van der Waals surface area contributed by atoms with Crippen LogP contribution in [0, 0.1) is 6.92 Å². The van der Waals surface area contributed by atoms with Crippen LogP contribution in [0.15, 0.2) is 0 Å². The molecule has 0 radical (unpaired) electrons. The molecule has 4 nitrogen and oxygen atoms in total. The third-order valence-electron chi connectivity index (χ3n) is 2.32. The molecule has 0 saturated heterocycles. The number of hydrogen-bond acceptors (Lipinski definition) is 5. The van der Waals surface area contributed by atoms with Crippen LogP contribution in [0.2, 0.25) is 0 Å². The normalized spacial score (nSPS) is 10.5. The molecule has 0 atom stereocenters. The third-order valence-corrected chi connectivity index (χ3v) is 3.64. The highest BCUT2D eigenvalue weighted by molar-refractivity contribution is 7.17. The average molecular weight is 242 g/mol. The zero-order chi connectivity index (χ0) is 12.1. The highest BCUT2D eigenvalue weighted by Gasteiger charge is 2.15. The van der Waals surface area contributed by atoms with Gasteiger partial charge in [-0.15, -0.1) is 0 Å². The second-order valence-electron chi connectivity index (χ2n) is 3.54. The van der Waals surface area contributed by atoms with Crippen molar-refractivity contribution in [2.45, 2.75) is 20.8 Å². The highest BCUT2D eigenvalue weighted by Crippen LogP contribution is 2.26. The van der Waals surface area contributed by atoms with Crippen molar-refractivity contribution in [1.29, 1.82) is 0 Å². The van der Waals surface area contributed by atoms with Crippen LogP contribution >= 0.6 is 11.3 Å². The molecule has 1 aromatic rings. The van der Waals surface area contributed by atoms with Crippen LogP contribution in [-0.2, 0) is 4.74 Å². The highest BCUT2D eigenvalue weighted by atomic mass is 32.1. The summed E-state index contributed by atoms with van der Waals surface area (Å²) in [7, 11) is 1.68. The number of rotatable bonds is 6. The monoisotopic (exact) mass is 242 g/mol. The minimum absolute atomic E-state index is 0.0871. The molecule has 1 rings (SSSR count). The zero-order valence-electron chi connectivity index (χ0n) is 10.2. The molecule has 0 aliphatic rings. The molecule has 0 bridgehead atoms. The predicted molar refractivity (Wildman–Crippen MR) is 66.6 cm³/mol. The molecule has 0 saturated carbocycles. The molecule has 0 N–H and O–H groups in total. The van der Waals surface area contributed by atoms with Crippen LogP contribution in [0.1, 0.15) is 29.2 Å². The number of anilines is 1. The number of aromatic nitrogens is 1. The molecule has 0 aliphatic carbocycles. The van der Waals surface area contributed by atoms with E-state index in [4.69, 9.17) is 4.74 Å². The summed E-state index contributed by atoms with van der Waals surface area (Å²) in [5, 5.41) is 0.905. The Morgan fingerprint density at radius 1 is 1.56 bits per heavy atom. The minimum atomic E-state index is 0.0871. The molecule has 16 heavy (non-hydrogen) atoms. The van der Waals surface area contributed by atoms with Gasteiger partial charge in [-0.3, -0.25) is 4.79 Å². The van der Waals surface area contributed by atoms with Crippen molar-refractivity contribution in [3.63, 3.8) is 0 Å². The van der Waals surface area contributed by atoms with Gasteiger partial charge in [0.15, 0.2) is 10.9 Å². The molecule has 90 valence electrons. The summed E-state index contributed by atoms with van der Waals surface area (Å²) in [5.41, 5.74) is 0.823. The Kier molecular flexibility index (Phi) is 4.89. The lowest BCUT2D eigenvalue weighted by Crippen LogP contribution is -2.26. The van der Waals surface area contributed by atoms with E-state index in [0.717, 1.165) is 28.8 Å². The lowest BCUT2D eigenvalue weighted by molar-refractivity contribution is 0.102. The zero-order valence-corrected chi connectivity index (χ0v) is 11.1. The summed E-state index contributed by atoms with van der Waals surface area (Å²) in [6.45, 7) is 7.86. The van der Waals surface area contributed by atoms with Crippen molar-refractivity contribution in [1.82, 2.24) is 4.98 Å². The fraction of sp³-hybridized carbons (Fsp3) is 0.636. The van der Waals surface area contributed by atoms with Crippen LogP contribution < -0.4 is 4.90 Å². The number of hydrogen-bond donors (Lipinski definition) is 0. The lowest BCUT2D eigenvalue weighted by Gasteiger charge is -2.18. The van der Waals surface area contributed by atoms with Crippen molar-refractivity contribution in [3.05, 3.63) is 10.6 Å². The number of thiazole rings is 1. The Morgan fingerprint density at radius 3 is 2.69 bits per heavy atom. The van der Waals surface area contributed by atoms with E-state index in [-0.39, 0.29) is 5.78 Å². The Hall–Kier alpha value is -0.940. The molecular weight excluding hydrogens is 224 g/mol. The van der Waals surface area contributed by atoms with Crippen molar-refractivity contribution >= 4 is 22.3 Å². The predicted octanol–water partition coefficient (Wildman–Crippen LogP) is 2.13. The number of nitrogens with zero attached hydrogens (tertiary/aromatic N) is 2. The number of aryl methyl sites for hydroxylation is 1. The molecule has 0 fully saturated rings. The molecule has 1 heterocycles. The molecular formula is C11H18N2O2S. The number of Topliss-reactive ketones (excluding diaryl/α,β-unsaturated/α-hetero) is 1. The third kappa shape index (κ3) is 3.02. The maximum Gasteiger partial charge on any atom is 0.186 e. The van der Waals surface area contributed by atoms with E-state index in [1.165, 1.54) is 11.3 Å². The molecule has 5 heteroatoms. The van der Waals surface area contributed by atoms with Gasteiger partial charge in [0.2, 0.25) is 0 Å². The van der Waals surface area contributed by atoms with E-state index in [0.29, 0.717) is 6.61 Å². The quantitative estimate of drug-likeness (QED) is 0.717. The number of ketones is 1. The molecule has 1 aromatic heterocycles. The summed E-state index contributed by atoms with van der Waals surface area (Å²) in [6.07, 6.45) is 0. The van der Waals surface area contributed by atoms with Crippen LogP contribution in [0.3, 0.4) is 0 Å². The lowest BCUT2D eigenvalue weighted by atomic mass is 10.3. The fourth-order valence-corrected chi connectivity index (χ4v) is 2.49. The van der Waals surface area contributed by atoms with Crippen molar-refractivity contribution in [2.75, 3.05) is 31.7 Å². The topological polar surface area (TPSA) is 42.4 Å². The standard InChI is InChI=1S/C11H18N2O2S/c1-5-13(6-7-15-4)11-12-8(2)10(16-11)9(3)14/h5-7H2,1-4H3. The summed E-state index contributed by atoms with van der Waals surface area (Å²) < 4.78 is 5.05. The minimum Gasteiger partial charge on any atom is -0.383 e. The van der Waals surface area contributed by atoms with Gasteiger partial charge in [0.1, 0.15) is 0 Å². The van der Waals surface area contributed by atoms with Gasteiger partial charge in [0.25, 0.3) is 0 Å². The molecule has 0 aromatic carbocycles. The molecule has 0 spiro atoms. The van der Waals surface area contributed by atoms with Gasteiger partial charge in [-0.2, -0.15) is 0 Å². The summed E-state index contributed by atoms with van der Waals surface area (Å²) in [4.78, 5) is 18.6. The van der Waals surface area contributed by atoms with Gasteiger partial charge < -0.3 is 9.64 Å². The molecule has 0 unspecified atom stereocenters. The van der Waals surface area contributed by atoms with Crippen LogP contribution in [-0.4, -0.2) is 37.6 Å². The first-order chi connectivity index (χ1) is 7.60. The average Bonchev–Trinajstić information content (AvgIpc) is 2.62. The van der Waals surface area contributed by atoms with Crippen LogP contribution in [0.4, 0.5) is 5.13 Å². The molecule has 0 aliphatic heterocycles. The Morgan fingerprint density at radius 2 is 2.25 bits per heavy atom. The molecule has 0 amide bonds. The van der Waals surface area contributed by atoms with Gasteiger partial charge in [-0.05, 0) is 13.8 Å². The van der Waals surface area contributed by atoms with Crippen molar-refractivity contribution in [3.8, 4) is 0 Å². The number of carbonyl (C=O) groups excluding carboxylic acids is 1. The first-order valence-corrected chi connectivity index (χ1v) is 6.14. The maximum absolute atomic E-state index is 11.3. The summed E-state index contributed by atoms with van der Waals surface area (Å²) in [5.74, 6) is 0.0871. The second kappa shape index (κ2) is 5.96. The van der Waals surface area contributed by atoms with Crippen molar-refractivity contribution in [2.24, 2.45) is 0 Å². The summed E-state index contributed by atoms with van der Waals surface area (Å²) in [6, 6.07) is 0. The van der Waals surface area contributed by atoms with Gasteiger partial charge in [-0.1, -0.05) is 11.3 Å². The van der Waals surface area contributed by atoms with Crippen LogP contribution in [0.25, 0.3) is 0 Å². The number of carbonyl (C=O) groups is 1. The van der Waals surface area contributed by atoms with Gasteiger partial charge in [0, 0.05) is 27.1 Å². The van der Waals surface area contributed by atoms with E-state index in [9.17, 15) is 4.79 Å². The van der Waals surface area contributed by atoms with E-state index in [1.54, 1.807) is 14.0 Å². The van der Waals surface area contributed by atoms with E-state index < -0.39 is 0 Å². The SMILES string of the molecule is CCN(CCOC)c1nc(C)c(C(C)=O)s1. The summed E-state index contributed by atoms with van der Waals surface area (Å²) >= 11 is 1.46. The van der Waals surface area contributed by atoms with Gasteiger partial charge in [0.05, 0.1) is 17.2 Å². The Bertz CT molecular complexity index is 363. The fourth-order valence-electron chi connectivity index (χ4n) is 1.43. The number of ether oxygens (including phenoxy) is 1. The number of methoxy groups -OCH3 is 1. The Balaban J connectivity index is 2.85. The first kappa shape index (κ1) is 13.1. The van der Waals surface area contributed by atoms with E-state index in [2.05, 4.69) is 16.8 Å². The number of likely N-dealkylation sites (N-methyl/N-ethyl adjacent to an activating group) is 1. The van der Waals surface area contributed by atoms with E-state index >= 15 is 0 Å². The Labute approximate surface area is 100 Å². The smallest absolute Gasteiger partial charge is 0.186 e. The van der Waals surface area contributed by atoms with Crippen molar-refractivity contribution < 1.29 is 9.53 Å². The van der Waals surface area contributed by atoms with E-state index in [1.807, 2.05) is 6.92 Å². The maximum atomic E-state index is 11.3. The van der Waals surface area contributed by atoms with Crippen LogP contribution in [0.5, 0.6) is 0 Å². The van der Waals surface area contributed by atoms with Gasteiger partial charge >= 0.3 is 0 Å². The largest absolute Gasteiger partial charge is 0.383 e. The second-order valence-corrected chi connectivity index (χ2v) is 4.52. The van der Waals surface area contributed by atoms with Gasteiger partial charge in [-0.25, -0.2) is 4.98 Å².